The normalized spacial score (nSPS) is 15.7. The molecule has 3 rings (SSSR count). The van der Waals surface area contributed by atoms with E-state index in [4.69, 9.17) is 9.47 Å². The van der Waals surface area contributed by atoms with Crippen molar-refractivity contribution < 1.29 is 19.1 Å². The molecule has 0 spiro atoms. The molecule has 6 heteroatoms. The monoisotopic (exact) mass is 396 g/mol. The van der Waals surface area contributed by atoms with Crippen LogP contribution in [0.15, 0.2) is 42.5 Å². The third kappa shape index (κ3) is 5.28. The molecule has 1 unspecified atom stereocenters. The summed E-state index contributed by atoms with van der Waals surface area (Å²) in [6, 6.07) is 13.2. The van der Waals surface area contributed by atoms with Crippen molar-refractivity contribution in [3.05, 3.63) is 48.0 Å². The van der Waals surface area contributed by atoms with Gasteiger partial charge in [-0.05, 0) is 49.6 Å². The van der Waals surface area contributed by atoms with E-state index in [0.29, 0.717) is 36.7 Å². The van der Waals surface area contributed by atoms with Crippen molar-refractivity contribution >= 4 is 23.2 Å². The Balaban J connectivity index is 1.70. The first-order valence-corrected chi connectivity index (χ1v) is 9.95. The fourth-order valence-corrected chi connectivity index (χ4v) is 3.26. The summed E-state index contributed by atoms with van der Waals surface area (Å²) in [5.74, 6) is 1.49. The maximum atomic E-state index is 12.6. The zero-order chi connectivity index (χ0) is 21.0. The Labute approximate surface area is 171 Å². The van der Waals surface area contributed by atoms with Gasteiger partial charge < -0.3 is 19.7 Å². The number of benzene rings is 2. The summed E-state index contributed by atoms with van der Waals surface area (Å²) in [7, 11) is 0. The molecule has 1 heterocycles. The second kappa shape index (κ2) is 8.99. The zero-order valence-electron chi connectivity index (χ0n) is 17.4. The fourth-order valence-electron chi connectivity index (χ4n) is 3.26. The molecule has 154 valence electrons. The lowest BCUT2D eigenvalue weighted by atomic mass is 10.1. The molecule has 1 atom stereocenters. The number of carbonyl (C=O) groups is 2. The van der Waals surface area contributed by atoms with Gasteiger partial charge in [-0.3, -0.25) is 9.59 Å². The topological polar surface area (TPSA) is 67.9 Å². The molecular formula is C23H28N2O4. The van der Waals surface area contributed by atoms with Crippen LogP contribution in [0.5, 0.6) is 11.5 Å². The molecule has 1 aliphatic rings. The minimum absolute atomic E-state index is 0.0386. The minimum atomic E-state index is -0.594. The second-order valence-electron chi connectivity index (χ2n) is 7.74. The summed E-state index contributed by atoms with van der Waals surface area (Å²) in [5, 5.41) is 2.89. The van der Waals surface area contributed by atoms with E-state index in [2.05, 4.69) is 5.32 Å². The molecular weight excluding hydrogens is 368 g/mol. The maximum absolute atomic E-state index is 12.6. The summed E-state index contributed by atoms with van der Waals surface area (Å²) < 4.78 is 11.6. The number of rotatable bonds is 7. The predicted molar refractivity (Wildman–Crippen MR) is 114 cm³/mol. The standard InChI is InChI=1S/C23H28N2O4/c1-15(2)12-22(26)24-18-8-9-20-21(14-18)29-17(4)23(27)25(20)10-11-28-19-7-5-6-16(3)13-19/h5-9,13-15,17H,10-12H2,1-4H3,(H,24,26). The van der Waals surface area contributed by atoms with E-state index in [0.717, 1.165) is 11.3 Å². The lowest BCUT2D eigenvalue weighted by molar-refractivity contribution is -0.125. The predicted octanol–water partition coefficient (Wildman–Crippen LogP) is 4.17. The van der Waals surface area contributed by atoms with Gasteiger partial charge in [0.15, 0.2) is 6.10 Å². The second-order valence-corrected chi connectivity index (χ2v) is 7.74. The molecule has 1 N–H and O–H groups in total. The van der Waals surface area contributed by atoms with Gasteiger partial charge >= 0.3 is 0 Å². The lowest BCUT2D eigenvalue weighted by Crippen LogP contribution is -2.46. The van der Waals surface area contributed by atoms with E-state index in [1.165, 1.54) is 0 Å². The van der Waals surface area contributed by atoms with Crippen LogP contribution in [0, 0.1) is 12.8 Å². The first-order valence-electron chi connectivity index (χ1n) is 9.95. The molecule has 2 aromatic rings. The summed E-state index contributed by atoms with van der Waals surface area (Å²) >= 11 is 0. The molecule has 0 aromatic heterocycles. The number of nitrogens with zero attached hydrogens (tertiary/aromatic N) is 1. The van der Waals surface area contributed by atoms with Crippen molar-refractivity contribution in [3.63, 3.8) is 0 Å². The SMILES string of the molecule is Cc1cccc(OCCN2C(=O)C(C)Oc3cc(NC(=O)CC(C)C)ccc32)c1. The van der Waals surface area contributed by atoms with Crippen molar-refractivity contribution in [1.29, 1.82) is 0 Å². The van der Waals surface area contributed by atoms with E-state index in [1.807, 2.05) is 45.0 Å². The van der Waals surface area contributed by atoms with Crippen LogP contribution in [-0.4, -0.2) is 31.1 Å². The molecule has 0 saturated heterocycles. The summed E-state index contributed by atoms with van der Waals surface area (Å²) in [6.07, 6.45) is -0.141. The molecule has 0 aliphatic carbocycles. The summed E-state index contributed by atoms with van der Waals surface area (Å²) in [6.45, 7) is 8.51. The molecule has 0 saturated carbocycles. The van der Waals surface area contributed by atoms with Crippen LogP contribution in [0.2, 0.25) is 0 Å². The van der Waals surface area contributed by atoms with Crippen molar-refractivity contribution in [2.24, 2.45) is 5.92 Å². The van der Waals surface area contributed by atoms with E-state index in [1.54, 1.807) is 30.0 Å². The van der Waals surface area contributed by atoms with Crippen LogP contribution in [0.4, 0.5) is 11.4 Å². The molecule has 2 aromatic carbocycles. The first-order chi connectivity index (χ1) is 13.8. The highest BCUT2D eigenvalue weighted by Crippen LogP contribution is 2.36. The van der Waals surface area contributed by atoms with Crippen molar-refractivity contribution in [2.45, 2.75) is 40.2 Å². The van der Waals surface area contributed by atoms with Gasteiger partial charge in [-0.2, -0.15) is 0 Å². The zero-order valence-corrected chi connectivity index (χ0v) is 17.4. The van der Waals surface area contributed by atoms with E-state index >= 15 is 0 Å². The van der Waals surface area contributed by atoms with Gasteiger partial charge in [0.05, 0.1) is 12.2 Å². The van der Waals surface area contributed by atoms with Crippen LogP contribution in [-0.2, 0) is 9.59 Å². The van der Waals surface area contributed by atoms with Crippen molar-refractivity contribution in [1.82, 2.24) is 0 Å². The average Bonchev–Trinajstić information content (AvgIpc) is 2.64. The Morgan fingerprint density at radius 1 is 1.24 bits per heavy atom. The largest absolute Gasteiger partial charge is 0.492 e. The number of carbonyl (C=O) groups excluding carboxylic acids is 2. The van der Waals surface area contributed by atoms with Crippen molar-refractivity contribution in [3.8, 4) is 11.5 Å². The maximum Gasteiger partial charge on any atom is 0.267 e. The van der Waals surface area contributed by atoms with E-state index in [9.17, 15) is 9.59 Å². The first kappa shape index (κ1) is 20.7. The molecule has 2 amide bonds. The van der Waals surface area contributed by atoms with Gasteiger partial charge in [0.2, 0.25) is 5.91 Å². The summed E-state index contributed by atoms with van der Waals surface area (Å²) in [4.78, 5) is 26.4. The number of fused-ring (bicyclic) bond motifs is 1. The van der Waals surface area contributed by atoms with Crippen LogP contribution in [0.1, 0.15) is 32.8 Å². The summed E-state index contributed by atoms with van der Waals surface area (Å²) in [5.41, 5.74) is 2.46. The van der Waals surface area contributed by atoms with E-state index in [-0.39, 0.29) is 17.7 Å². The van der Waals surface area contributed by atoms with Crippen LogP contribution >= 0.6 is 0 Å². The Morgan fingerprint density at radius 2 is 2.03 bits per heavy atom. The lowest BCUT2D eigenvalue weighted by Gasteiger charge is -2.33. The molecule has 29 heavy (non-hydrogen) atoms. The third-order valence-corrected chi connectivity index (χ3v) is 4.62. The highest BCUT2D eigenvalue weighted by Gasteiger charge is 2.31. The Morgan fingerprint density at radius 3 is 2.76 bits per heavy atom. The van der Waals surface area contributed by atoms with Gasteiger partial charge in [0.1, 0.15) is 18.1 Å². The number of amides is 2. The van der Waals surface area contributed by atoms with Crippen molar-refractivity contribution in [2.75, 3.05) is 23.4 Å². The van der Waals surface area contributed by atoms with Crippen LogP contribution < -0.4 is 19.7 Å². The van der Waals surface area contributed by atoms with Gasteiger partial charge in [-0.25, -0.2) is 0 Å². The highest BCUT2D eigenvalue weighted by molar-refractivity contribution is 6.00. The third-order valence-electron chi connectivity index (χ3n) is 4.62. The van der Waals surface area contributed by atoms with Gasteiger partial charge in [-0.1, -0.05) is 26.0 Å². The van der Waals surface area contributed by atoms with Gasteiger partial charge in [-0.15, -0.1) is 0 Å². The molecule has 0 fully saturated rings. The van der Waals surface area contributed by atoms with Crippen LogP contribution in [0.3, 0.4) is 0 Å². The fraction of sp³-hybridized carbons (Fsp3) is 0.391. The number of aryl methyl sites for hydroxylation is 1. The Bertz CT molecular complexity index is 894. The van der Waals surface area contributed by atoms with E-state index < -0.39 is 6.10 Å². The quantitative estimate of drug-likeness (QED) is 0.763. The van der Waals surface area contributed by atoms with Gasteiger partial charge in [0.25, 0.3) is 5.91 Å². The number of anilines is 2. The number of nitrogens with one attached hydrogen (secondary N) is 1. The van der Waals surface area contributed by atoms with Crippen LogP contribution in [0.25, 0.3) is 0 Å². The average molecular weight is 396 g/mol. The highest BCUT2D eigenvalue weighted by atomic mass is 16.5. The number of hydrogen-bond donors (Lipinski definition) is 1. The Hall–Kier alpha value is -3.02. The number of hydrogen-bond acceptors (Lipinski definition) is 4. The molecule has 0 radical (unpaired) electrons. The van der Waals surface area contributed by atoms with Gasteiger partial charge in [0, 0.05) is 18.2 Å². The molecule has 0 bridgehead atoms. The molecule has 1 aliphatic heterocycles. The number of ether oxygens (including phenoxy) is 2. The molecule has 6 nitrogen and oxygen atoms in total. The minimum Gasteiger partial charge on any atom is -0.492 e. The smallest absolute Gasteiger partial charge is 0.267 e. The Kier molecular flexibility index (Phi) is 6.42.